The van der Waals surface area contributed by atoms with Crippen molar-refractivity contribution in [2.45, 2.75) is 13.5 Å². The van der Waals surface area contributed by atoms with Crippen molar-refractivity contribution in [3.05, 3.63) is 215 Å². The first-order valence-electron chi connectivity index (χ1n) is 34.0. The first-order valence-corrected chi connectivity index (χ1v) is 38.6. The molecule has 0 bridgehead atoms. The van der Waals surface area contributed by atoms with Gasteiger partial charge in [0.1, 0.15) is 43.8 Å². The lowest BCUT2D eigenvalue weighted by molar-refractivity contribution is 0.0304. The lowest BCUT2D eigenvalue weighted by Crippen LogP contribution is -2.47. The lowest BCUT2D eigenvalue weighted by atomic mass is 10.0. The fourth-order valence-electron chi connectivity index (χ4n) is 11.8. The number of aromatic carboxylic acids is 1. The number of aromatic nitrogens is 15. The molecule has 1 aliphatic rings. The predicted octanol–water partition coefficient (Wildman–Crippen LogP) is 15.9. The largest absolute Gasteiger partial charge is 0.496 e. The van der Waals surface area contributed by atoms with Crippen molar-refractivity contribution in [3.8, 4) is 73.3 Å². The number of rotatable bonds is 20. The molecule has 564 valence electrons. The number of ether oxygens (including phenoxy) is 7. The average Bonchev–Trinajstić information content (AvgIpc) is 1.63. The van der Waals surface area contributed by atoms with E-state index in [1.807, 2.05) is 132 Å². The SMILES string of the molecule is Brc1cnc2n[nH]c(I)c2c1.COCCOCn1nc(-c2ccccc2OC)c2cc(Br)cnc21.COCCOCn1nc(I)c2cc(Br)cnc21.COc1ccccc1-c1[nH]nc2ncc(-c3cccc(C(=O)N4CCN(C)CC4)c3)cc12.COc1ccccc1-c1[nH]nc2ncc(-c3cccc(C(=O)O)c3)cc12. The van der Waals surface area contributed by atoms with E-state index in [2.05, 4.69) is 172 Å². The van der Waals surface area contributed by atoms with Crippen molar-refractivity contribution in [2.75, 3.05) is 95.2 Å². The number of hydrogen-bond acceptors (Lipinski definition) is 20. The van der Waals surface area contributed by atoms with Crippen LogP contribution < -0.4 is 14.2 Å². The number of nitrogens with one attached hydrogen (secondary N) is 3. The van der Waals surface area contributed by atoms with Crippen LogP contribution in [0.2, 0.25) is 0 Å². The Bertz CT molecular complexity index is 5700. The third-order valence-corrected chi connectivity index (χ3v) is 20.2. The van der Waals surface area contributed by atoms with E-state index >= 15 is 0 Å². The Hall–Kier alpha value is -9.76. The van der Waals surface area contributed by atoms with Crippen LogP contribution in [0, 0.1) is 7.40 Å². The van der Waals surface area contributed by atoms with Crippen LogP contribution in [-0.2, 0) is 32.4 Å². The standard InChI is InChI=1S/C25H25N5O2.C20H15N3O3.C17H18BrN3O3.C10H11BrIN3O2.C6H3BrIN3/c1-29-10-12-30(13-11-29)25(31)18-7-5-6-17(14-18)19-15-21-23(27-28-24(21)26-16-19)20-8-3-4-9-22(20)32-2;1-26-17-8-3-2-7-15(17)18-16-10-14(11-21-19(16)23-22-18)12-5-4-6-13(9-12)20(24)25;1-22-7-8-24-11-21-17-14(9-12(18)10-19-17)16(20-21)13-5-3-4-6-15(13)23-2;1-16-2-3-17-6-15-10-8(9(12)14-15)4-7(11)5-13-10;7-3-1-4-5(8)10-11-6(4)9-2-3/h3-9,14-16H,10-13H2,1-2H3,(H,26,27,28);2-11H,1H3,(H,24,25)(H,21,22,23);3-6,9-10H,7-8,11H2,1-2H3;4-5H,2-3,6H2,1H3;1-2H,(H,9,10,11). The number of carboxylic acid groups (broad SMARTS) is 1. The number of hydrogen-bond donors (Lipinski definition) is 4. The van der Waals surface area contributed by atoms with E-state index in [1.165, 1.54) is 0 Å². The molecule has 0 radical (unpaired) electrons. The number of benzene rings is 5. The number of likely N-dealkylation sites (N-methyl/N-ethyl adjacent to an activating group) is 1. The number of aromatic amines is 3. The number of H-pyrrole nitrogens is 3. The Balaban J connectivity index is 0.000000133. The molecule has 0 spiro atoms. The van der Waals surface area contributed by atoms with Crippen LogP contribution in [0.4, 0.5) is 0 Å². The van der Waals surface area contributed by atoms with E-state index in [1.54, 1.807) is 94.1 Å². The van der Waals surface area contributed by atoms with Crippen LogP contribution >= 0.6 is 93.0 Å². The van der Waals surface area contributed by atoms with E-state index in [0.29, 0.717) is 56.7 Å². The van der Waals surface area contributed by atoms with Gasteiger partial charge in [0.25, 0.3) is 5.91 Å². The Labute approximate surface area is 683 Å². The molecular weight excluding hydrogens is 1830 g/mol. The molecule has 1 saturated heterocycles. The first-order chi connectivity index (χ1) is 53.5. The summed E-state index contributed by atoms with van der Waals surface area (Å²) in [6.45, 7) is 6.17. The highest BCUT2D eigenvalue weighted by atomic mass is 127. The molecule has 10 aromatic heterocycles. The normalized spacial score (nSPS) is 12.0. The van der Waals surface area contributed by atoms with Crippen LogP contribution in [0.25, 0.3) is 111 Å². The molecule has 110 heavy (non-hydrogen) atoms. The summed E-state index contributed by atoms with van der Waals surface area (Å²) in [5, 5.41) is 44.6. The fourth-order valence-corrected chi connectivity index (χ4v) is 13.9. The van der Waals surface area contributed by atoms with Crippen molar-refractivity contribution in [1.29, 1.82) is 0 Å². The maximum atomic E-state index is 13.0. The molecule has 1 amide bonds. The van der Waals surface area contributed by atoms with Gasteiger partial charge in [0.15, 0.2) is 28.2 Å². The van der Waals surface area contributed by atoms with Crippen molar-refractivity contribution in [2.24, 2.45) is 0 Å². The van der Waals surface area contributed by atoms with Crippen LogP contribution in [0.5, 0.6) is 17.2 Å². The van der Waals surface area contributed by atoms with Crippen LogP contribution in [0.15, 0.2) is 196 Å². The zero-order valence-corrected chi connectivity index (χ0v) is 69.2. The molecule has 11 heterocycles. The summed E-state index contributed by atoms with van der Waals surface area (Å²) in [6.07, 6.45) is 8.73. The van der Waals surface area contributed by atoms with Gasteiger partial charge in [0, 0.05) is 134 Å². The third kappa shape index (κ3) is 19.3. The second-order valence-electron chi connectivity index (χ2n) is 24.4. The number of nitrogens with zero attached hydrogens (tertiary/aromatic N) is 14. The molecule has 32 heteroatoms. The van der Waals surface area contributed by atoms with E-state index in [4.69, 9.17) is 38.3 Å². The number of piperazine rings is 1. The van der Waals surface area contributed by atoms with Gasteiger partial charge in [-0.25, -0.2) is 39.1 Å². The van der Waals surface area contributed by atoms with Gasteiger partial charge in [-0.1, -0.05) is 60.7 Å². The molecule has 0 aliphatic carbocycles. The minimum Gasteiger partial charge on any atom is -0.496 e. The average molecular weight is 1900 g/mol. The molecule has 0 unspecified atom stereocenters. The van der Waals surface area contributed by atoms with E-state index < -0.39 is 5.97 Å². The van der Waals surface area contributed by atoms with Gasteiger partial charge in [-0.05, 0) is 202 Å². The zero-order chi connectivity index (χ0) is 77.2. The molecular formula is C78H72Br3I2N17O10. The maximum Gasteiger partial charge on any atom is 0.335 e. The summed E-state index contributed by atoms with van der Waals surface area (Å²) >= 11 is 14.6. The molecule has 16 rings (SSSR count). The number of methoxy groups -OCH3 is 5. The lowest BCUT2D eigenvalue weighted by Gasteiger charge is -2.32. The summed E-state index contributed by atoms with van der Waals surface area (Å²) in [6, 6.07) is 47.8. The van der Waals surface area contributed by atoms with Crippen molar-refractivity contribution in [3.63, 3.8) is 0 Å². The van der Waals surface area contributed by atoms with Crippen LogP contribution in [-0.4, -0.2) is 197 Å². The number of carbonyl (C=O) groups is 2. The van der Waals surface area contributed by atoms with Gasteiger partial charge in [0.2, 0.25) is 0 Å². The minimum absolute atomic E-state index is 0.0759. The van der Waals surface area contributed by atoms with Gasteiger partial charge in [-0.2, -0.15) is 25.5 Å². The van der Waals surface area contributed by atoms with E-state index in [0.717, 1.165) is 164 Å². The van der Waals surface area contributed by atoms with Gasteiger partial charge in [0.05, 0.1) is 75.5 Å². The summed E-state index contributed by atoms with van der Waals surface area (Å²) in [5.41, 5.74) is 13.2. The number of halogens is 5. The Morgan fingerprint density at radius 3 is 1.45 bits per heavy atom. The molecule has 27 nitrogen and oxygen atoms in total. The quantitative estimate of drug-likeness (QED) is 0.0407. The molecule has 4 N–H and O–H groups in total. The highest BCUT2D eigenvalue weighted by molar-refractivity contribution is 14.1. The number of amides is 1. The summed E-state index contributed by atoms with van der Waals surface area (Å²) in [5.74, 6) is 1.38. The minimum atomic E-state index is -0.959. The number of carboxylic acids is 1. The van der Waals surface area contributed by atoms with Crippen molar-refractivity contribution in [1.82, 2.24) is 84.9 Å². The molecule has 0 atom stereocenters. The Kier molecular flexibility index (Phi) is 27.7. The summed E-state index contributed by atoms with van der Waals surface area (Å²) < 4.78 is 45.6. The zero-order valence-electron chi connectivity index (χ0n) is 60.2. The number of para-hydroxylation sites is 3. The topological polar surface area (TPSA) is 312 Å². The molecule has 5 aromatic carbocycles. The monoisotopic (exact) mass is 1900 g/mol. The van der Waals surface area contributed by atoms with Gasteiger partial charge in [-0.3, -0.25) is 20.1 Å². The Morgan fingerprint density at radius 1 is 0.464 bits per heavy atom. The van der Waals surface area contributed by atoms with Crippen LogP contribution in [0.1, 0.15) is 20.7 Å². The second kappa shape index (κ2) is 38.2. The van der Waals surface area contributed by atoms with Crippen LogP contribution in [0.3, 0.4) is 0 Å². The van der Waals surface area contributed by atoms with E-state index in [9.17, 15) is 14.7 Å². The highest BCUT2D eigenvalue weighted by Gasteiger charge is 2.23. The highest BCUT2D eigenvalue weighted by Crippen LogP contribution is 2.38. The number of carbonyl (C=O) groups excluding carboxylic acids is 1. The maximum absolute atomic E-state index is 13.0. The predicted molar refractivity (Wildman–Crippen MR) is 448 cm³/mol. The summed E-state index contributed by atoms with van der Waals surface area (Å²) in [4.78, 5) is 50.3. The molecule has 15 aromatic rings. The van der Waals surface area contributed by atoms with Crippen molar-refractivity contribution >= 4 is 160 Å². The smallest absolute Gasteiger partial charge is 0.335 e. The van der Waals surface area contributed by atoms with Gasteiger partial charge >= 0.3 is 5.97 Å². The molecule has 1 aliphatic heterocycles. The second-order valence-corrected chi connectivity index (χ2v) is 29.2. The van der Waals surface area contributed by atoms with E-state index in [-0.39, 0.29) is 11.5 Å². The fraction of sp³-hybridized carbons (Fsp3) is 0.205. The molecule has 1 fully saturated rings. The first kappa shape index (κ1) is 79.8. The molecule has 0 saturated carbocycles. The van der Waals surface area contributed by atoms with Gasteiger partial charge in [-0.15, -0.1) is 0 Å². The number of pyridine rings is 5. The Morgan fingerprint density at radius 2 is 0.909 bits per heavy atom. The van der Waals surface area contributed by atoms with Crippen molar-refractivity contribution < 1.29 is 47.9 Å². The number of fused-ring (bicyclic) bond motifs is 5. The summed E-state index contributed by atoms with van der Waals surface area (Å²) in [7, 11) is 10.3. The van der Waals surface area contributed by atoms with Gasteiger partial charge < -0.3 is 48.1 Å². The third-order valence-electron chi connectivity index (χ3n) is 17.3.